The standard InChI is InChI=1S/C9H15NO2/c1-2-8(10)9(11)12-7-5-3-4-6-7/h2,7H,3-6,10H2,1H3. The number of ether oxygens (including phenoxy) is 1. The van der Waals surface area contributed by atoms with Crippen molar-refractivity contribution in [3.05, 3.63) is 11.8 Å². The molecular weight excluding hydrogens is 154 g/mol. The Morgan fingerprint density at radius 3 is 2.58 bits per heavy atom. The van der Waals surface area contributed by atoms with Crippen LogP contribution in [0.2, 0.25) is 0 Å². The zero-order valence-electron chi connectivity index (χ0n) is 7.38. The summed E-state index contributed by atoms with van der Waals surface area (Å²) in [5, 5.41) is 0. The summed E-state index contributed by atoms with van der Waals surface area (Å²) in [6, 6.07) is 0. The van der Waals surface area contributed by atoms with Gasteiger partial charge in [0.05, 0.1) is 0 Å². The third-order valence-electron chi connectivity index (χ3n) is 2.12. The number of carbonyl (C=O) groups excluding carboxylic acids is 1. The van der Waals surface area contributed by atoms with Crippen LogP contribution in [0.5, 0.6) is 0 Å². The molecule has 1 aliphatic rings. The molecule has 2 N–H and O–H groups in total. The van der Waals surface area contributed by atoms with E-state index in [9.17, 15) is 4.79 Å². The van der Waals surface area contributed by atoms with Crippen molar-refractivity contribution in [3.63, 3.8) is 0 Å². The molecule has 0 aromatic heterocycles. The quantitative estimate of drug-likeness (QED) is 0.501. The molecule has 0 atom stereocenters. The van der Waals surface area contributed by atoms with Crippen LogP contribution in [-0.4, -0.2) is 12.1 Å². The van der Waals surface area contributed by atoms with Crippen LogP contribution in [0.3, 0.4) is 0 Å². The number of nitrogens with two attached hydrogens (primary N) is 1. The summed E-state index contributed by atoms with van der Waals surface area (Å²) >= 11 is 0. The van der Waals surface area contributed by atoms with E-state index in [1.165, 1.54) is 0 Å². The van der Waals surface area contributed by atoms with Crippen LogP contribution < -0.4 is 5.73 Å². The normalized spacial score (nSPS) is 19.6. The Kier molecular flexibility index (Phi) is 3.14. The van der Waals surface area contributed by atoms with Gasteiger partial charge in [-0.25, -0.2) is 4.79 Å². The highest BCUT2D eigenvalue weighted by atomic mass is 16.5. The first-order valence-corrected chi connectivity index (χ1v) is 4.37. The second kappa shape index (κ2) is 4.14. The Labute approximate surface area is 72.6 Å². The predicted octanol–water partition coefficient (Wildman–Crippen LogP) is 1.33. The molecule has 3 heteroatoms. The zero-order valence-corrected chi connectivity index (χ0v) is 7.38. The van der Waals surface area contributed by atoms with E-state index in [1.54, 1.807) is 13.0 Å². The van der Waals surface area contributed by atoms with Crippen molar-refractivity contribution in [2.75, 3.05) is 0 Å². The van der Waals surface area contributed by atoms with Gasteiger partial charge >= 0.3 is 5.97 Å². The van der Waals surface area contributed by atoms with Crippen molar-refractivity contribution >= 4 is 5.97 Å². The fourth-order valence-corrected chi connectivity index (χ4v) is 1.34. The summed E-state index contributed by atoms with van der Waals surface area (Å²) in [6.07, 6.45) is 5.97. The van der Waals surface area contributed by atoms with E-state index in [1.807, 2.05) is 0 Å². The maximum absolute atomic E-state index is 11.1. The Morgan fingerprint density at radius 2 is 2.08 bits per heavy atom. The molecule has 12 heavy (non-hydrogen) atoms. The van der Waals surface area contributed by atoms with Crippen LogP contribution >= 0.6 is 0 Å². The highest BCUT2D eigenvalue weighted by molar-refractivity contribution is 5.87. The lowest BCUT2D eigenvalue weighted by Gasteiger charge is -2.10. The molecule has 0 saturated heterocycles. The molecule has 0 aromatic rings. The second-order valence-electron chi connectivity index (χ2n) is 3.06. The van der Waals surface area contributed by atoms with Gasteiger partial charge in [-0.3, -0.25) is 0 Å². The van der Waals surface area contributed by atoms with Gasteiger partial charge in [-0.15, -0.1) is 0 Å². The first-order chi connectivity index (χ1) is 5.74. The number of rotatable bonds is 2. The Hall–Kier alpha value is -0.990. The summed E-state index contributed by atoms with van der Waals surface area (Å²) in [4.78, 5) is 11.1. The van der Waals surface area contributed by atoms with E-state index in [4.69, 9.17) is 10.5 Å². The molecule has 3 nitrogen and oxygen atoms in total. The lowest BCUT2D eigenvalue weighted by atomic mass is 10.3. The number of allylic oxidation sites excluding steroid dienone is 1. The summed E-state index contributed by atoms with van der Waals surface area (Å²) in [5.74, 6) is -0.371. The van der Waals surface area contributed by atoms with E-state index in [0.29, 0.717) is 0 Å². The zero-order chi connectivity index (χ0) is 8.97. The van der Waals surface area contributed by atoms with E-state index in [-0.39, 0.29) is 17.8 Å². The van der Waals surface area contributed by atoms with Gasteiger partial charge in [0.1, 0.15) is 11.8 Å². The van der Waals surface area contributed by atoms with E-state index in [0.717, 1.165) is 25.7 Å². The van der Waals surface area contributed by atoms with Crippen molar-refractivity contribution in [2.45, 2.75) is 38.7 Å². The summed E-state index contributed by atoms with van der Waals surface area (Å²) in [5.41, 5.74) is 5.59. The fraction of sp³-hybridized carbons (Fsp3) is 0.667. The monoisotopic (exact) mass is 169 g/mol. The van der Waals surface area contributed by atoms with Gasteiger partial charge in [0, 0.05) is 0 Å². The molecule has 0 spiro atoms. The largest absolute Gasteiger partial charge is 0.458 e. The molecule has 1 aliphatic carbocycles. The Morgan fingerprint density at radius 1 is 1.50 bits per heavy atom. The third kappa shape index (κ3) is 2.26. The van der Waals surface area contributed by atoms with E-state index in [2.05, 4.69) is 0 Å². The molecular formula is C9H15NO2. The fourth-order valence-electron chi connectivity index (χ4n) is 1.34. The van der Waals surface area contributed by atoms with Crippen molar-refractivity contribution in [1.29, 1.82) is 0 Å². The first kappa shape index (κ1) is 9.10. The van der Waals surface area contributed by atoms with E-state index < -0.39 is 0 Å². The minimum Gasteiger partial charge on any atom is -0.458 e. The first-order valence-electron chi connectivity index (χ1n) is 4.37. The van der Waals surface area contributed by atoms with Crippen molar-refractivity contribution in [3.8, 4) is 0 Å². The van der Waals surface area contributed by atoms with Gasteiger partial charge in [-0.05, 0) is 32.6 Å². The summed E-state index contributed by atoms with van der Waals surface area (Å²) in [7, 11) is 0. The molecule has 1 fully saturated rings. The molecule has 0 aliphatic heterocycles. The van der Waals surface area contributed by atoms with Gasteiger partial charge in [0.25, 0.3) is 0 Å². The predicted molar refractivity (Wildman–Crippen MR) is 46.3 cm³/mol. The number of hydrogen-bond donors (Lipinski definition) is 1. The van der Waals surface area contributed by atoms with Crippen molar-refractivity contribution in [1.82, 2.24) is 0 Å². The van der Waals surface area contributed by atoms with Crippen LogP contribution in [0.25, 0.3) is 0 Å². The highest BCUT2D eigenvalue weighted by Crippen LogP contribution is 2.21. The highest BCUT2D eigenvalue weighted by Gasteiger charge is 2.19. The molecule has 1 saturated carbocycles. The summed E-state index contributed by atoms with van der Waals surface area (Å²) in [6.45, 7) is 1.73. The average Bonchev–Trinajstić information content (AvgIpc) is 2.55. The molecule has 0 heterocycles. The molecule has 0 amide bonds. The minimum atomic E-state index is -0.371. The van der Waals surface area contributed by atoms with Crippen LogP contribution in [0, 0.1) is 0 Å². The van der Waals surface area contributed by atoms with Gasteiger partial charge in [0.15, 0.2) is 0 Å². The van der Waals surface area contributed by atoms with Crippen molar-refractivity contribution < 1.29 is 9.53 Å². The topological polar surface area (TPSA) is 52.3 Å². The van der Waals surface area contributed by atoms with Crippen LogP contribution in [0.1, 0.15) is 32.6 Å². The maximum atomic E-state index is 11.1. The van der Waals surface area contributed by atoms with Crippen LogP contribution in [0.15, 0.2) is 11.8 Å². The minimum absolute atomic E-state index is 0.107. The van der Waals surface area contributed by atoms with Crippen LogP contribution in [0.4, 0.5) is 0 Å². The Balaban J connectivity index is 2.35. The van der Waals surface area contributed by atoms with Gasteiger partial charge in [0.2, 0.25) is 0 Å². The molecule has 0 radical (unpaired) electrons. The lowest BCUT2D eigenvalue weighted by Crippen LogP contribution is -2.20. The van der Waals surface area contributed by atoms with Gasteiger partial charge in [-0.2, -0.15) is 0 Å². The average molecular weight is 169 g/mol. The number of esters is 1. The molecule has 1 rings (SSSR count). The number of hydrogen-bond acceptors (Lipinski definition) is 3. The summed E-state index contributed by atoms with van der Waals surface area (Å²) < 4.78 is 5.13. The lowest BCUT2D eigenvalue weighted by molar-refractivity contribution is -0.144. The van der Waals surface area contributed by atoms with Gasteiger partial charge in [-0.1, -0.05) is 6.08 Å². The number of carbonyl (C=O) groups is 1. The Bertz CT molecular complexity index is 193. The second-order valence-corrected chi connectivity index (χ2v) is 3.06. The van der Waals surface area contributed by atoms with Crippen molar-refractivity contribution in [2.24, 2.45) is 5.73 Å². The third-order valence-corrected chi connectivity index (χ3v) is 2.12. The van der Waals surface area contributed by atoms with E-state index >= 15 is 0 Å². The molecule has 0 aromatic carbocycles. The SMILES string of the molecule is CC=C(N)C(=O)OC1CCCC1. The van der Waals surface area contributed by atoms with Gasteiger partial charge < -0.3 is 10.5 Å². The maximum Gasteiger partial charge on any atom is 0.354 e. The molecule has 0 bridgehead atoms. The van der Waals surface area contributed by atoms with Crippen LogP contribution in [-0.2, 0) is 9.53 Å². The molecule has 68 valence electrons. The molecule has 0 unspecified atom stereocenters. The smallest absolute Gasteiger partial charge is 0.354 e.